The Morgan fingerprint density at radius 3 is 2.51 bits per heavy atom. The quantitative estimate of drug-likeness (QED) is 0.293. The van der Waals surface area contributed by atoms with Gasteiger partial charge in [-0.3, -0.25) is 9.00 Å². The molecule has 0 radical (unpaired) electrons. The molecule has 1 aromatic heterocycles. The van der Waals surface area contributed by atoms with E-state index >= 15 is 0 Å². The Labute approximate surface area is 202 Å². The number of H-pyrrole nitrogens is 1. The zero-order chi connectivity index (χ0) is 24.6. The molecule has 0 aliphatic carbocycles. The first-order chi connectivity index (χ1) is 17.0. The van der Waals surface area contributed by atoms with E-state index in [0.717, 1.165) is 5.56 Å². The van der Waals surface area contributed by atoms with Crippen LogP contribution in [0.1, 0.15) is 18.4 Å². The molecule has 1 unspecified atom stereocenters. The molecule has 0 fully saturated rings. The van der Waals surface area contributed by atoms with Crippen LogP contribution >= 0.6 is 0 Å². The Morgan fingerprint density at radius 1 is 1.03 bits per heavy atom. The van der Waals surface area contributed by atoms with E-state index < -0.39 is 17.4 Å². The van der Waals surface area contributed by atoms with Crippen molar-refractivity contribution in [2.75, 3.05) is 11.1 Å². The molecule has 2 N–H and O–H groups in total. The van der Waals surface area contributed by atoms with Gasteiger partial charge in [0.1, 0.15) is 18.1 Å². The second-order valence-electron chi connectivity index (χ2n) is 7.60. The largest absolute Gasteiger partial charge is 0.489 e. The lowest BCUT2D eigenvalue weighted by Crippen LogP contribution is -2.12. The van der Waals surface area contributed by atoms with Crippen molar-refractivity contribution in [1.82, 2.24) is 9.97 Å². The maximum atomic E-state index is 12.5. The number of fused-ring (bicyclic) bond motifs is 1. The number of hydrogen-bond donors (Lipinski definition) is 2. The molecule has 0 saturated heterocycles. The molecule has 10 heteroatoms. The molecule has 1 heterocycles. The van der Waals surface area contributed by atoms with Crippen molar-refractivity contribution in [2.45, 2.75) is 31.2 Å². The lowest BCUT2D eigenvalue weighted by Gasteiger charge is -2.08. The molecule has 3 aromatic carbocycles. The molecular formula is C25H23F2N3O4S. The Kier molecular flexibility index (Phi) is 8.04. The van der Waals surface area contributed by atoms with Crippen molar-refractivity contribution in [3.8, 4) is 11.5 Å². The number of amides is 1. The van der Waals surface area contributed by atoms with Gasteiger partial charge in [-0.2, -0.15) is 8.78 Å². The molecule has 4 rings (SSSR count). The molecule has 0 bridgehead atoms. The van der Waals surface area contributed by atoms with E-state index in [-0.39, 0.29) is 29.0 Å². The van der Waals surface area contributed by atoms with Gasteiger partial charge in [-0.05, 0) is 48.4 Å². The summed E-state index contributed by atoms with van der Waals surface area (Å²) in [5, 5.41) is 3.03. The van der Waals surface area contributed by atoms with Crippen LogP contribution in [0.5, 0.6) is 11.5 Å². The topological polar surface area (TPSA) is 93.3 Å². The van der Waals surface area contributed by atoms with Gasteiger partial charge in [-0.1, -0.05) is 30.3 Å². The summed E-state index contributed by atoms with van der Waals surface area (Å²) in [6, 6.07) is 21.2. The maximum Gasteiger partial charge on any atom is 0.387 e. The van der Waals surface area contributed by atoms with E-state index in [1.807, 2.05) is 30.3 Å². The summed E-state index contributed by atoms with van der Waals surface area (Å²) in [4.78, 5) is 19.3. The fraction of sp³-hybridized carbons (Fsp3) is 0.200. The highest BCUT2D eigenvalue weighted by Crippen LogP contribution is 2.22. The van der Waals surface area contributed by atoms with Crippen molar-refractivity contribution < 1.29 is 27.3 Å². The number of anilines is 1. The molecule has 4 aromatic rings. The SMILES string of the molecule is O=C(CCCS(=O)c1nc2ccc(OC(F)F)cc2[nH]1)Nc1ccc(OCc2ccccc2)cc1. The standard InChI is InChI=1S/C25H23F2N3O4S/c26-24(27)34-20-12-13-21-22(15-20)30-25(29-21)35(32)14-4-7-23(31)28-18-8-10-19(11-9-18)33-16-17-5-2-1-3-6-17/h1-3,5-6,8-13,15,24H,4,7,14,16H2,(H,28,31)(H,29,30). The number of aromatic nitrogens is 2. The van der Waals surface area contributed by atoms with Crippen LogP contribution in [0.15, 0.2) is 78.0 Å². The van der Waals surface area contributed by atoms with Crippen LogP contribution in [0.25, 0.3) is 11.0 Å². The third kappa shape index (κ3) is 7.10. The molecular weight excluding hydrogens is 476 g/mol. The lowest BCUT2D eigenvalue weighted by atomic mass is 10.2. The zero-order valence-corrected chi connectivity index (χ0v) is 19.4. The molecule has 0 aliphatic rings. The average molecular weight is 500 g/mol. The number of imidazole rings is 1. The van der Waals surface area contributed by atoms with Crippen LogP contribution in [0.4, 0.5) is 14.5 Å². The van der Waals surface area contributed by atoms with E-state index in [1.54, 1.807) is 24.3 Å². The van der Waals surface area contributed by atoms with Gasteiger partial charge in [0.2, 0.25) is 5.91 Å². The molecule has 1 amide bonds. The Bertz CT molecular complexity index is 1300. The predicted molar refractivity (Wildman–Crippen MR) is 129 cm³/mol. The average Bonchev–Trinajstić information content (AvgIpc) is 3.27. The molecule has 1 atom stereocenters. The normalized spacial score (nSPS) is 12.0. The summed E-state index contributed by atoms with van der Waals surface area (Å²) in [5.41, 5.74) is 2.64. The lowest BCUT2D eigenvalue weighted by molar-refractivity contribution is -0.116. The van der Waals surface area contributed by atoms with Crippen molar-refractivity contribution in [1.29, 1.82) is 0 Å². The van der Waals surface area contributed by atoms with Crippen LogP contribution in [-0.2, 0) is 22.2 Å². The highest BCUT2D eigenvalue weighted by molar-refractivity contribution is 7.84. The summed E-state index contributed by atoms with van der Waals surface area (Å²) in [6.45, 7) is -2.47. The van der Waals surface area contributed by atoms with Crippen LogP contribution in [0.3, 0.4) is 0 Å². The van der Waals surface area contributed by atoms with Gasteiger partial charge in [0.15, 0.2) is 5.16 Å². The number of halogens is 2. The van der Waals surface area contributed by atoms with Crippen LogP contribution in [-0.4, -0.2) is 32.4 Å². The van der Waals surface area contributed by atoms with Crippen LogP contribution in [0, 0.1) is 0 Å². The summed E-state index contributed by atoms with van der Waals surface area (Å²) in [7, 11) is -1.47. The maximum absolute atomic E-state index is 12.5. The number of benzene rings is 3. The van der Waals surface area contributed by atoms with Gasteiger partial charge in [0.05, 0.1) is 21.8 Å². The third-order valence-corrected chi connectivity index (χ3v) is 6.28. The number of nitrogens with zero attached hydrogens (tertiary/aromatic N) is 1. The summed E-state index contributed by atoms with van der Waals surface area (Å²) < 4.78 is 47.4. The Hall–Kier alpha value is -3.79. The van der Waals surface area contributed by atoms with E-state index in [0.29, 0.717) is 35.5 Å². The minimum absolute atomic E-state index is 0.0130. The molecule has 182 valence electrons. The highest BCUT2D eigenvalue weighted by Gasteiger charge is 2.13. The summed E-state index contributed by atoms with van der Waals surface area (Å²) >= 11 is 0. The second kappa shape index (κ2) is 11.6. The number of alkyl halides is 2. The number of ether oxygens (including phenoxy) is 2. The fourth-order valence-electron chi connectivity index (χ4n) is 3.31. The number of nitrogens with one attached hydrogen (secondary N) is 2. The smallest absolute Gasteiger partial charge is 0.387 e. The first-order valence-corrected chi connectivity index (χ1v) is 12.2. The van der Waals surface area contributed by atoms with Crippen molar-refractivity contribution in [3.63, 3.8) is 0 Å². The number of aromatic amines is 1. The van der Waals surface area contributed by atoms with Crippen LogP contribution in [0.2, 0.25) is 0 Å². The van der Waals surface area contributed by atoms with Gasteiger partial charge in [-0.25, -0.2) is 4.98 Å². The number of rotatable bonds is 11. The van der Waals surface area contributed by atoms with Gasteiger partial charge in [0.25, 0.3) is 0 Å². The first-order valence-electron chi connectivity index (χ1n) is 10.9. The van der Waals surface area contributed by atoms with E-state index in [4.69, 9.17) is 4.74 Å². The van der Waals surface area contributed by atoms with Crippen molar-refractivity contribution in [2.24, 2.45) is 0 Å². The fourth-order valence-corrected chi connectivity index (χ4v) is 4.33. The predicted octanol–water partition coefficient (Wildman–Crippen LogP) is 5.27. The second-order valence-corrected chi connectivity index (χ2v) is 9.09. The molecule has 0 spiro atoms. The van der Waals surface area contributed by atoms with Crippen LogP contribution < -0.4 is 14.8 Å². The number of hydrogen-bond acceptors (Lipinski definition) is 5. The Balaban J connectivity index is 1.22. The molecule has 0 saturated carbocycles. The molecule has 0 aliphatic heterocycles. The third-order valence-electron chi connectivity index (χ3n) is 4.99. The van der Waals surface area contributed by atoms with E-state index in [2.05, 4.69) is 20.0 Å². The summed E-state index contributed by atoms with van der Waals surface area (Å²) in [5.74, 6) is 0.708. The van der Waals surface area contributed by atoms with Gasteiger partial charge < -0.3 is 19.8 Å². The van der Waals surface area contributed by atoms with E-state index in [9.17, 15) is 17.8 Å². The van der Waals surface area contributed by atoms with Crippen molar-refractivity contribution in [3.05, 3.63) is 78.4 Å². The number of carbonyl (C=O) groups is 1. The highest BCUT2D eigenvalue weighted by atomic mass is 32.2. The number of carbonyl (C=O) groups excluding carboxylic acids is 1. The van der Waals surface area contributed by atoms with Gasteiger partial charge in [-0.15, -0.1) is 0 Å². The Morgan fingerprint density at radius 2 is 1.77 bits per heavy atom. The molecule has 35 heavy (non-hydrogen) atoms. The zero-order valence-electron chi connectivity index (χ0n) is 18.6. The monoisotopic (exact) mass is 499 g/mol. The van der Waals surface area contributed by atoms with E-state index in [1.165, 1.54) is 18.2 Å². The molecule has 7 nitrogen and oxygen atoms in total. The van der Waals surface area contributed by atoms with Crippen molar-refractivity contribution >= 4 is 33.4 Å². The van der Waals surface area contributed by atoms with Gasteiger partial charge in [0, 0.05) is 23.9 Å². The minimum Gasteiger partial charge on any atom is -0.489 e. The minimum atomic E-state index is -2.93. The van der Waals surface area contributed by atoms with Gasteiger partial charge >= 0.3 is 6.61 Å². The first kappa shape index (κ1) is 24.3. The summed E-state index contributed by atoms with van der Waals surface area (Å²) in [6.07, 6.45) is 0.568.